The number of aliphatic hydroxyl groups excluding tert-OH is 1. The minimum Gasteiger partial charge on any atom is -0.491 e. The van der Waals surface area contributed by atoms with E-state index in [4.69, 9.17) is 47.4 Å². The van der Waals surface area contributed by atoms with Gasteiger partial charge in [-0.25, -0.2) is 36.9 Å². The zero-order valence-corrected chi connectivity index (χ0v) is 47.0. The monoisotopic (exact) mass is 1160 g/mol. The van der Waals surface area contributed by atoms with Gasteiger partial charge in [-0.3, -0.25) is 0 Å². The van der Waals surface area contributed by atoms with Crippen LogP contribution in [0.15, 0.2) is 114 Å². The van der Waals surface area contributed by atoms with Crippen molar-refractivity contribution in [3.8, 4) is 23.0 Å². The lowest BCUT2D eigenvalue weighted by Crippen LogP contribution is -2.33. The molecule has 0 saturated heterocycles. The third kappa shape index (κ3) is 20.3. The molecule has 1 amide bonds. The number of fused-ring (bicyclic) bond motifs is 2. The fraction of sp³-hybridized carbons (Fsp3) is 0.404. The Kier molecular flexibility index (Phi) is 24.4. The van der Waals surface area contributed by atoms with Crippen LogP contribution in [-0.2, 0) is 51.5 Å². The second-order valence-corrected chi connectivity index (χ2v) is 22.5. The predicted molar refractivity (Wildman–Crippen MR) is 301 cm³/mol. The quantitative estimate of drug-likeness (QED) is 0.0271. The van der Waals surface area contributed by atoms with Crippen LogP contribution in [0.25, 0.3) is 21.1 Å². The van der Waals surface area contributed by atoms with E-state index in [9.17, 15) is 27.1 Å². The molecule has 4 N–H and O–H groups in total. The van der Waals surface area contributed by atoms with E-state index in [0.717, 1.165) is 27.0 Å². The van der Waals surface area contributed by atoms with Crippen LogP contribution in [0.4, 0.5) is 25.1 Å². The van der Waals surface area contributed by atoms with Crippen LogP contribution in [0.1, 0.15) is 31.9 Å². The number of anilines is 2. The molecule has 0 radical (unpaired) electrons. The molecule has 0 unspecified atom stereocenters. The first-order chi connectivity index (χ1) is 39.2. The fourth-order valence-electron chi connectivity index (χ4n) is 7.39. The molecule has 0 bridgehead atoms. The van der Waals surface area contributed by atoms with Gasteiger partial charge in [0.2, 0.25) is 0 Å². The zero-order chi connectivity index (χ0) is 57.3. The van der Waals surface area contributed by atoms with E-state index in [2.05, 4.69) is 30.9 Å². The summed E-state index contributed by atoms with van der Waals surface area (Å²) < 4.78 is 111. The molecule has 1 atom stereocenters. The number of sulfone groups is 1. The van der Waals surface area contributed by atoms with Gasteiger partial charge in [0.25, 0.3) is 0 Å². The lowest BCUT2D eigenvalue weighted by atomic mass is 10.2. The summed E-state index contributed by atoms with van der Waals surface area (Å²) >= 11 is 1.53. The van der Waals surface area contributed by atoms with E-state index in [-0.39, 0.29) is 75.0 Å². The Hall–Kier alpha value is -6.87. The van der Waals surface area contributed by atoms with Crippen LogP contribution in [0.5, 0.6) is 23.0 Å². The number of carbonyl (C=O) groups is 1. The highest BCUT2D eigenvalue weighted by molar-refractivity contribution is 7.92. The minimum atomic E-state index is -3.91. The van der Waals surface area contributed by atoms with Crippen molar-refractivity contribution in [3.05, 3.63) is 132 Å². The maximum atomic E-state index is 13.8. The van der Waals surface area contributed by atoms with Gasteiger partial charge in [0.1, 0.15) is 79.3 Å². The number of rotatable bonds is 36. The third-order valence-corrected chi connectivity index (χ3v) is 15.1. The number of hydrogen-bond donors (Lipinski definition) is 4. The van der Waals surface area contributed by atoms with Gasteiger partial charge >= 0.3 is 6.09 Å². The van der Waals surface area contributed by atoms with Crippen molar-refractivity contribution in [2.24, 2.45) is 0 Å². The summed E-state index contributed by atoms with van der Waals surface area (Å²) in [5, 5.41) is 20.0. The molecule has 7 rings (SSSR count). The molecule has 5 aromatic carbocycles. The molecule has 0 aliphatic carbocycles. The molecule has 0 spiro atoms. The standard InChI is InChI=1S/C57H68F2N6O14S2/c1-57(2,3)81(68,69)54-32-47-48(62-38-63-55(47)65-44-12-15-53-49(30-44)64-39-80-53)33-52(54)75-28-29-76-56(67)61-17-19-71-21-23-73-25-27-74-26-24-72-22-20-70-18-16-60-34-45(66)37-77-46-13-14-50(78-35-40-4-8-42(58)9-5-40)51(31-46)79-36-41-6-10-43(59)11-7-41/h4-15,30-33,38-39,45,60,66H,16-29,34-37H2,1-3H3,(H,61,67)(H,62,63,65)/t45-/m1/s1. The van der Waals surface area contributed by atoms with Crippen LogP contribution in [0.3, 0.4) is 0 Å². The summed E-state index contributed by atoms with van der Waals surface area (Å²) in [6.45, 7) is 9.46. The van der Waals surface area contributed by atoms with Crippen molar-refractivity contribution >= 4 is 59.9 Å². The lowest BCUT2D eigenvalue weighted by Gasteiger charge is -2.22. The number of amides is 1. The summed E-state index contributed by atoms with van der Waals surface area (Å²) in [6, 6.07) is 25.8. The Morgan fingerprint density at radius 1 is 0.630 bits per heavy atom. The van der Waals surface area contributed by atoms with Gasteiger partial charge in [-0.2, -0.15) is 0 Å². The molecule has 20 nitrogen and oxygen atoms in total. The molecule has 0 aliphatic heterocycles. The Balaban J connectivity index is 0.662. The number of ether oxygens (including phenoxy) is 10. The Bertz CT molecular complexity index is 3150. The normalized spacial score (nSPS) is 12.1. The van der Waals surface area contributed by atoms with Crippen LogP contribution < -0.4 is 34.9 Å². The van der Waals surface area contributed by atoms with Crippen LogP contribution in [0.2, 0.25) is 0 Å². The molecular formula is C57H68F2N6O14S2. The van der Waals surface area contributed by atoms with Gasteiger partial charge in [-0.1, -0.05) is 24.3 Å². The Morgan fingerprint density at radius 3 is 1.89 bits per heavy atom. The first-order valence-corrected chi connectivity index (χ1v) is 28.5. The Morgan fingerprint density at radius 2 is 1.25 bits per heavy atom. The van der Waals surface area contributed by atoms with Gasteiger partial charge in [-0.05, 0) is 92.6 Å². The van der Waals surface area contributed by atoms with E-state index < -0.39 is 26.8 Å². The smallest absolute Gasteiger partial charge is 0.407 e. The van der Waals surface area contributed by atoms with Gasteiger partial charge in [0.15, 0.2) is 21.3 Å². The second kappa shape index (κ2) is 31.9. The molecule has 0 aliphatic rings. The molecular weight excluding hydrogens is 1090 g/mol. The molecule has 7 aromatic rings. The first-order valence-electron chi connectivity index (χ1n) is 26.2. The molecule has 0 saturated carbocycles. The van der Waals surface area contributed by atoms with Crippen LogP contribution >= 0.6 is 11.3 Å². The average molecular weight is 1160 g/mol. The number of carbonyl (C=O) groups excluding carboxylic acids is 1. The number of aromatic nitrogens is 3. The summed E-state index contributed by atoms with van der Waals surface area (Å²) in [5.74, 6) is 1.07. The third-order valence-electron chi connectivity index (χ3n) is 11.7. The summed E-state index contributed by atoms with van der Waals surface area (Å²) in [6.07, 6.45) is -0.113. The zero-order valence-electron chi connectivity index (χ0n) is 45.4. The number of halogens is 2. The van der Waals surface area contributed by atoms with Crippen molar-refractivity contribution in [1.29, 1.82) is 0 Å². The second-order valence-electron chi connectivity index (χ2n) is 18.9. The van der Waals surface area contributed by atoms with E-state index in [1.54, 1.807) is 74.8 Å². The summed E-state index contributed by atoms with van der Waals surface area (Å²) in [7, 11) is -3.91. The largest absolute Gasteiger partial charge is 0.491 e. The number of thiazole rings is 1. The maximum absolute atomic E-state index is 13.8. The molecule has 436 valence electrons. The first kappa shape index (κ1) is 61.7. The molecule has 24 heteroatoms. The van der Waals surface area contributed by atoms with Crippen molar-refractivity contribution in [2.75, 3.05) is 111 Å². The minimum absolute atomic E-state index is 0.0132. The van der Waals surface area contributed by atoms with Gasteiger partial charge in [-0.15, -0.1) is 11.3 Å². The number of nitrogens with one attached hydrogen (secondary N) is 3. The van der Waals surface area contributed by atoms with Crippen molar-refractivity contribution < 1.29 is 74.5 Å². The highest BCUT2D eigenvalue weighted by Crippen LogP contribution is 2.38. The van der Waals surface area contributed by atoms with Crippen molar-refractivity contribution in [2.45, 2.75) is 49.7 Å². The Labute approximate surface area is 473 Å². The number of aliphatic hydroxyl groups is 1. The molecule has 0 fully saturated rings. The van der Waals surface area contributed by atoms with Crippen LogP contribution in [0, 0.1) is 11.6 Å². The predicted octanol–water partition coefficient (Wildman–Crippen LogP) is 8.21. The lowest BCUT2D eigenvalue weighted by molar-refractivity contribution is -0.0107. The van der Waals surface area contributed by atoms with Gasteiger partial charge in [0, 0.05) is 42.8 Å². The molecule has 2 aromatic heterocycles. The number of alkyl carbamates (subject to hydrolysis) is 1. The summed E-state index contributed by atoms with van der Waals surface area (Å²) in [4.78, 5) is 25.4. The van der Waals surface area contributed by atoms with E-state index in [1.165, 1.54) is 48.0 Å². The SMILES string of the molecule is CC(C)(C)S(=O)(=O)c1cc2c(Nc3ccc4scnc4c3)ncnc2cc1OCCOC(=O)NCCOCCOCCOCCOCCOCCNC[C@@H](O)COc1ccc(OCc2ccc(F)cc2)c(OCc2ccc(F)cc2)c1. The van der Waals surface area contributed by atoms with Crippen molar-refractivity contribution in [3.63, 3.8) is 0 Å². The average Bonchev–Trinajstić information content (AvgIpc) is 4.08. The van der Waals surface area contributed by atoms with E-state index in [0.29, 0.717) is 100.0 Å². The molecule has 81 heavy (non-hydrogen) atoms. The maximum Gasteiger partial charge on any atom is 0.407 e. The van der Waals surface area contributed by atoms with E-state index >= 15 is 0 Å². The number of hydrogen-bond acceptors (Lipinski definition) is 20. The highest BCUT2D eigenvalue weighted by atomic mass is 32.2. The summed E-state index contributed by atoms with van der Waals surface area (Å²) in [5.41, 5.74) is 5.30. The van der Waals surface area contributed by atoms with E-state index in [1.807, 2.05) is 18.2 Å². The number of benzene rings is 5. The van der Waals surface area contributed by atoms with Crippen LogP contribution in [-0.4, -0.2) is 151 Å². The van der Waals surface area contributed by atoms with Crippen molar-refractivity contribution in [1.82, 2.24) is 25.6 Å². The van der Waals surface area contributed by atoms with Gasteiger partial charge in [0.05, 0.1) is 92.1 Å². The number of nitrogens with zero attached hydrogens (tertiary/aromatic N) is 3. The molecule has 2 heterocycles. The topological polar surface area (TPSA) is 238 Å². The highest BCUT2D eigenvalue weighted by Gasteiger charge is 2.34. The fourth-order valence-corrected chi connectivity index (χ4v) is 9.36. The van der Waals surface area contributed by atoms with Gasteiger partial charge < -0.3 is 68.4 Å².